The molecule has 0 aliphatic rings. The number of pyridine rings is 1. The van der Waals surface area contributed by atoms with E-state index in [4.69, 9.17) is 22.1 Å². The van der Waals surface area contributed by atoms with Crippen molar-refractivity contribution in [2.24, 2.45) is 0 Å². The Morgan fingerprint density at radius 1 is 1.05 bits per heavy atom. The zero-order valence-electron chi connectivity index (χ0n) is 11.4. The number of nitrogen functional groups attached to an aromatic ring is 1. The number of nitrogens with one attached hydrogen (secondary N) is 1. The van der Waals surface area contributed by atoms with E-state index in [0.29, 0.717) is 17.4 Å². The number of rotatable bonds is 4. The quantitative estimate of drug-likeness (QED) is 0.715. The number of aromatic nitrogens is 3. The number of benzene rings is 1. The van der Waals surface area contributed by atoms with E-state index >= 15 is 0 Å². The van der Waals surface area contributed by atoms with Crippen molar-refractivity contribution < 1.29 is 4.74 Å². The number of halogens is 1. The zero-order valence-corrected chi connectivity index (χ0v) is 12.2. The Kier molecular flexibility index (Phi) is 4.02. The zero-order chi connectivity index (χ0) is 15.4. The van der Waals surface area contributed by atoms with Gasteiger partial charge in [0.25, 0.3) is 0 Å². The first-order valence-corrected chi connectivity index (χ1v) is 6.83. The molecular weight excluding hydrogens is 302 g/mol. The molecule has 6 nitrogen and oxygen atoms in total. The standard InChI is InChI=1S/C15H12ClN5O/c16-12-9-13(21-15(17)20-12)19-10-4-3-5-11(8-10)22-14-6-1-2-7-18-14/h1-9H,(H3,17,19,20,21). The number of hydrogen-bond donors (Lipinski definition) is 2. The van der Waals surface area contributed by atoms with Gasteiger partial charge >= 0.3 is 0 Å². The normalized spacial score (nSPS) is 10.2. The molecule has 22 heavy (non-hydrogen) atoms. The van der Waals surface area contributed by atoms with Gasteiger partial charge in [-0.1, -0.05) is 23.7 Å². The Morgan fingerprint density at radius 3 is 2.73 bits per heavy atom. The van der Waals surface area contributed by atoms with E-state index in [2.05, 4.69) is 20.3 Å². The fourth-order valence-electron chi connectivity index (χ4n) is 1.81. The molecule has 0 fully saturated rings. The maximum atomic E-state index is 5.85. The van der Waals surface area contributed by atoms with E-state index in [1.165, 1.54) is 0 Å². The Bertz CT molecular complexity index is 762. The van der Waals surface area contributed by atoms with E-state index in [1.54, 1.807) is 18.3 Å². The minimum Gasteiger partial charge on any atom is -0.439 e. The molecule has 0 atom stereocenters. The Labute approximate surface area is 132 Å². The van der Waals surface area contributed by atoms with Crippen molar-refractivity contribution in [3.63, 3.8) is 0 Å². The molecule has 0 unspecified atom stereocenters. The van der Waals surface area contributed by atoms with Crippen LogP contribution in [-0.2, 0) is 0 Å². The monoisotopic (exact) mass is 313 g/mol. The molecule has 0 aliphatic carbocycles. The summed E-state index contributed by atoms with van der Waals surface area (Å²) in [5.74, 6) is 1.79. The van der Waals surface area contributed by atoms with Crippen LogP contribution in [0.5, 0.6) is 11.6 Å². The van der Waals surface area contributed by atoms with Crippen LogP contribution in [0.25, 0.3) is 0 Å². The summed E-state index contributed by atoms with van der Waals surface area (Å²) in [4.78, 5) is 12.0. The van der Waals surface area contributed by atoms with Crippen LogP contribution >= 0.6 is 11.6 Å². The fraction of sp³-hybridized carbons (Fsp3) is 0. The van der Waals surface area contributed by atoms with Gasteiger partial charge in [-0.25, -0.2) is 9.97 Å². The largest absolute Gasteiger partial charge is 0.439 e. The van der Waals surface area contributed by atoms with Crippen molar-refractivity contribution >= 4 is 29.1 Å². The lowest BCUT2D eigenvalue weighted by Crippen LogP contribution is -2.00. The van der Waals surface area contributed by atoms with Gasteiger partial charge in [0.15, 0.2) is 0 Å². The number of nitrogens with zero attached hydrogens (tertiary/aromatic N) is 3. The summed E-state index contributed by atoms with van der Waals surface area (Å²) in [6, 6.07) is 14.4. The Balaban J connectivity index is 1.79. The molecule has 2 aromatic heterocycles. The Morgan fingerprint density at radius 2 is 1.95 bits per heavy atom. The number of nitrogens with two attached hydrogens (primary N) is 1. The van der Waals surface area contributed by atoms with Gasteiger partial charge in [0.1, 0.15) is 16.7 Å². The molecule has 0 saturated heterocycles. The number of hydrogen-bond acceptors (Lipinski definition) is 6. The van der Waals surface area contributed by atoms with Crippen molar-refractivity contribution in [1.29, 1.82) is 0 Å². The first-order valence-electron chi connectivity index (χ1n) is 6.45. The molecule has 0 spiro atoms. The predicted molar refractivity (Wildman–Crippen MR) is 85.5 cm³/mol. The summed E-state index contributed by atoms with van der Waals surface area (Å²) in [5.41, 5.74) is 6.35. The molecule has 0 bridgehead atoms. The lowest BCUT2D eigenvalue weighted by Gasteiger charge is -2.09. The lowest BCUT2D eigenvalue weighted by atomic mass is 10.3. The molecule has 0 aliphatic heterocycles. The minimum atomic E-state index is 0.107. The van der Waals surface area contributed by atoms with Gasteiger partial charge in [0, 0.05) is 30.1 Å². The van der Waals surface area contributed by atoms with Gasteiger partial charge in [-0.05, 0) is 18.2 Å². The van der Waals surface area contributed by atoms with Gasteiger partial charge < -0.3 is 15.8 Å². The smallest absolute Gasteiger partial charge is 0.223 e. The molecule has 0 radical (unpaired) electrons. The molecule has 7 heteroatoms. The highest BCUT2D eigenvalue weighted by Gasteiger charge is 2.03. The van der Waals surface area contributed by atoms with Crippen LogP contribution in [0.2, 0.25) is 5.15 Å². The predicted octanol–water partition coefficient (Wildman–Crippen LogP) is 3.64. The highest BCUT2D eigenvalue weighted by Crippen LogP contribution is 2.25. The minimum absolute atomic E-state index is 0.107. The maximum Gasteiger partial charge on any atom is 0.223 e. The first-order chi connectivity index (χ1) is 10.7. The molecular formula is C15H12ClN5O. The van der Waals surface area contributed by atoms with Gasteiger partial charge in [-0.2, -0.15) is 4.98 Å². The SMILES string of the molecule is Nc1nc(Cl)cc(Nc2cccc(Oc3ccccn3)c2)n1. The van der Waals surface area contributed by atoms with Crippen molar-refractivity contribution in [1.82, 2.24) is 15.0 Å². The van der Waals surface area contributed by atoms with Crippen molar-refractivity contribution in [2.45, 2.75) is 0 Å². The second-order valence-corrected chi connectivity index (χ2v) is 4.74. The van der Waals surface area contributed by atoms with E-state index in [0.717, 1.165) is 5.69 Å². The lowest BCUT2D eigenvalue weighted by molar-refractivity contribution is 0.463. The average Bonchev–Trinajstić information content (AvgIpc) is 2.47. The van der Waals surface area contributed by atoms with Crippen molar-refractivity contribution in [3.8, 4) is 11.6 Å². The van der Waals surface area contributed by atoms with Crippen LogP contribution in [0.4, 0.5) is 17.5 Å². The third-order valence-corrected chi connectivity index (χ3v) is 2.87. The number of anilines is 3. The summed E-state index contributed by atoms with van der Waals surface area (Å²) in [7, 11) is 0. The summed E-state index contributed by atoms with van der Waals surface area (Å²) in [6.45, 7) is 0. The molecule has 3 rings (SSSR count). The van der Waals surface area contributed by atoms with Crippen molar-refractivity contribution in [3.05, 3.63) is 59.9 Å². The van der Waals surface area contributed by atoms with Crippen LogP contribution in [0.1, 0.15) is 0 Å². The molecule has 3 aromatic rings. The third kappa shape index (κ3) is 3.62. The van der Waals surface area contributed by atoms with Gasteiger partial charge in [0.05, 0.1) is 0 Å². The highest BCUT2D eigenvalue weighted by atomic mass is 35.5. The topological polar surface area (TPSA) is 86.0 Å². The van der Waals surface area contributed by atoms with Gasteiger partial charge in [-0.3, -0.25) is 0 Å². The van der Waals surface area contributed by atoms with Crippen molar-refractivity contribution in [2.75, 3.05) is 11.1 Å². The van der Waals surface area contributed by atoms with Crippen LogP contribution in [0.3, 0.4) is 0 Å². The van der Waals surface area contributed by atoms with Crippen LogP contribution in [-0.4, -0.2) is 15.0 Å². The molecule has 2 heterocycles. The summed E-state index contributed by atoms with van der Waals surface area (Å²) < 4.78 is 5.67. The third-order valence-electron chi connectivity index (χ3n) is 2.68. The van der Waals surface area contributed by atoms with E-state index < -0.39 is 0 Å². The molecule has 3 N–H and O–H groups in total. The maximum absolute atomic E-state index is 5.85. The van der Waals surface area contributed by atoms with Crippen LogP contribution < -0.4 is 15.8 Å². The van der Waals surface area contributed by atoms with Gasteiger partial charge in [-0.15, -0.1) is 0 Å². The summed E-state index contributed by atoms with van der Waals surface area (Å²) in [6.07, 6.45) is 1.67. The van der Waals surface area contributed by atoms with E-state index in [1.807, 2.05) is 36.4 Å². The highest BCUT2D eigenvalue weighted by molar-refractivity contribution is 6.29. The summed E-state index contributed by atoms with van der Waals surface area (Å²) in [5, 5.41) is 3.37. The second kappa shape index (κ2) is 6.28. The van der Waals surface area contributed by atoms with Crippen LogP contribution in [0, 0.1) is 0 Å². The summed E-state index contributed by atoms with van der Waals surface area (Å²) >= 11 is 5.85. The van der Waals surface area contributed by atoms with E-state index in [9.17, 15) is 0 Å². The second-order valence-electron chi connectivity index (χ2n) is 4.36. The average molecular weight is 314 g/mol. The van der Waals surface area contributed by atoms with Gasteiger partial charge in [0.2, 0.25) is 11.8 Å². The first kappa shape index (κ1) is 14.1. The van der Waals surface area contributed by atoms with E-state index in [-0.39, 0.29) is 11.1 Å². The number of ether oxygens (including phenoxy) is 1. The molecule has 110 valence electrons. The van der Waals surface area contributed by atoms with Crippen LogP contribution in [0.15, 0.2) is 54.7 Å². The fourth-order valence-corrected chi connectivity index (χ4v) is 2.00. The molecule has 0 saturated carbocycles. The Hall–Kier alpha value is -2.86. The molecule has 0 amide bonds. The molecule has 1 aromatic carbocycles.